The van der Waals surface area contributed by atoms with Gasteiger partial charge in [-0.1, -0.05) is 47.3 Å². The molecule has 0 aliphatic rings. The SMILES string of the molecule is C=CCCCCCC[C@H](NC(=O)c1cccc(Br)c1)C(=O)O. The molecule has 1 amide bonds. The molecule has 4 nitrogen and oxygen atoms in total. The van der Waals surface area contributed by atoms with Crippen LogP contribution in [0.4, 0.5) is 0 Å². The number of rotatable bonds is 10. The fraction of sp³-hybridized carbons (Fsp3) is 0.412. The fourth-order valence-corrected chi connectivity index (χ4v) is 2.52. The summed E-state index contributed by atoms with van der Waals surface area (Å²) in [5.74, 6) is -1.35. The van der Waals surface area contributed by atoms with Gasteiger partial charge in [0.25, 0.3) is 5.91 Å². The number of carboxylic acid groups (broad SMARTS) is 1. The van der Waals surface area contributed by atoms with E-state index in [9.17, 15) is 14.7 Å². The van der Waals surface area contributed by atoms with Gasteiger partial charge in [0.2, 0.25) is 0 Å². The number of benzene rings is 1. The second-order valence-electron chi connectivity index (χ2n) is 5.15. The van der Waals surface area contributed by atoms with Gasteiger partial charge < -0.3 is 10.4 Å². The number of carbonyl (C=O) groups excluding carboxylic acids is 1. The number of carbonyl (C=O) groups is 2. The maximum atomic E-state index is 12.1. The van der Waals surface area contributed by atoms with Crippen molar-refractivity contribution in [1.29, 1.82) is 0 Å². The molecule has 2 N–H and O–H groups in total. The number of nitrogens with one attached hydrogen (secondary N) is 1. The van der Waals surface area contributed by atoms with E-state index in [1.165, 1.54) is 0 Å². The number of hydrogen-bond acceptors (Lipinski definition) is 2. The van der Waals surface area contributed by atoms with E-state index in [4.69, 9.17) is 0 Å². The lowest BCUT2D eigenvalue weighted by Crippen LogP contribution is -2.40. The molecule has 0 aliphatic carbocycles. The topological polar surface area (TPSA) is 66.4 Å². The van der Waals surface area contributed by atoms with Crippen LogP contribution in [0.3, 0.4) is 0 Å². The van der Waals surface area contributed by atoms with Crippen LogP contribution < -0.4 is 5.32 Å². The number of halogens is 1. The second kappa shape index (κ2) is 10.2. The van der Waals surface area contributed by atoms with Crippen LogP contribution in [0.1, 0.15) is 48.9 Å². The minimum absolute atomic E-state index is 0.361. The monoisotopic (exact) mass is 367 g/mol. The summed E-state index contributed by atoms with van der Waals surface area (Å²) < 4.78 is 0.786. The van der Waals surface area contributed by atoms with Crippen molar-refractivity contribution >= 4 is 27.8 Å². The molecule has 5 heteroatoms. The van der Waals surface area contributed by atoms with E-state index in [2.05, 4.69) is 27.8 Å². The van der Waals surface area contributed by atoms with Crippen molar-refractivity contribution < 1.29 is 14.7 Å². The second-order valence-corrected chi connectivity index (χ2v) is 6.07. The normalized spacial score (nSPS) is 11.7. The van der Waals surface area contributed by atoms with E-state index >= 15 is 0 Å². The highest BCUT2D eigenvalue weighted by Gasteiger charge is 2.20. The Morgan fingerprint density at radius 3 is 2.64 bits per heavy atom. The Balaban J connectivity index is 2.45. The maximum absolute atomic E-state index is 12.1. The van der Waals surface area contributed by atoms with Crippen molar-refractivity contribution in [3.63, 3.8) is 0 Å². The van der Waals surface area contributed by atoms with Crippen molar-refractivity contribution in [3.05, 3.63) is 47.0 Å². The average molecular weight is 368 g/mol. The van der Waals surface area contributed by atoms with E-state index in [0.29, 0.717) is 12.0 Å². The van der Waals surface area contributed by atoms with Crippen LogP contribution in [0.25, 0.3) is 0 Å². The first-order valence-electron chi connectivity index (χ1n) is 7.44. The lowest BCUT2D eigenvalue weighted by Gasteiger charge is -2.14. The van der Waals surface area contributed by atoms with Gasteiger partial charge in [0.15, 0.2) is 0 Å². The summed E-state index contributed by atoms with van der Waals surface area (Å²) in [4.78, 5) is 23.3. The molecule has 0 unspecified atom stereocenters. The molecule has 1 atom stereocenters. The lowest BCUT2D eigenvalue weighted by molar-refractivity contribution is -0.139. The van der Waals surface area contributed by atoms with Crippen LogP contribution in [-0.2, 0) is 4.79 Å². The van der Waals surface area contributed by atoms with Crippen molar-refractivity contribution in [1.82, 2.24) is 5.32 Å². The summed E-state index contributed by atoms with van der Waals surface area (Å²) in [6.45, 7) is 3.67. The van der Waals surface area contributed by atoms with Crippen molar-refractivity contribution in [2.75, 3.05) is 0 Å². The van der Waals surface area contributed by atoms with Crippen LogP contribution in [0, 0.1) is 0 Å². The summed E-state index contributed by atoms with van der Waals surface area (Å²) >= 11 is 3.29. The first kappa shape index (κ1) is 18.4. The van der Waals surface area contributed by atoms with Gasteiger partial charge in [-0.15, -0.1) is 6.58 Å². The molecule has 0 saturated heterocycles. The molecule has 120 valence electrons. The van der Waals surface area contributed by atoms with Crippen molar-refractivity contribution in [2.45, 2.75) is 44.6 Å². The Bertz CT molecular complexity index is 516. The minimum Gasteiger partial charge on any atom is -0.480 e. The molecule has 0 bridgehead atoms. The number of unbranched alkanes of at least 4 members (excludes halogenated alkanes) is 4. The minimum atomic E-state index is -0.991. The van der Waals surface area contributed by atoms with Gasteiger partial charge in [-0.2, -0.15) is 0 Å². The molecular weight excluding hydrogens is 346 g/mol. The number of amides is 1. The molecule has 1 rings (SSSR count). The fourth-order valence-electron chi connectivity index (χ4n) is 2.12. The molecular formula is C17H22BrNO3. The van der Waals surface area contributed by atoms with Crippen LogP contribution >= 0.6 is 15.9 Å². The first-order valence-corrected chi connectivity index (χ1v) is 8.24. The highest BCUT2D eigenvalue weighted by atomic mass is 79.9. The Labute approximate surface area is 139 Å². The third-order valence-corrected chi connectivity index (χ3v) is 3.83. The van der Waals surface area contributed by atoms with Gasteiger partial charge in [-0.3, -0.25) is 4.79 Å². The zero-order valence-corrected chi connectivity index (χ0v) is 14.1. The molecule has 1 aromatic rings. The van der Waals surface area contributed by atoms with E-state index in [1.54, 1.807) is 18.2 Å². The molecule has 0 aromatic heterocycles. The number of allylic oxidation sites excluding steroid dienone is 1. The zero-order valence-electron chi connectivity index (χ0n) is 12.6. The van der Waals surface area contributed by atoms with Crippen LogP contribution in [0.15, 0.2) is 41.4 Å². The largest absolute Gasteiger partial charge is 0.480 e. The summed E-state index contributed by atoms with van der Waals surface area (Å²) in [6.07, 6.45) is 7.20. The molecule has 0 radical (unpaired) electrons. The molecule has 0 fully saturated rings. The summed E-state index contributed by atoms with van der Waals surface area (Å²) in [6, 6.07) is 6.05. The Kier molecular flexibility index (Phi) is 8.51. The van der Waals surface area contributed by atoms with Crippen molar-refractivity contribution in [2.24, 2.45) is 0 Å². The highest BCUT2D eigenvalue weighted by molar-refractivity contribution is 9.10. The maximum Gasteiger partial charge on any atom is 0.326 e. The summed E-state index contributed by atoms with van der Waals surface area (Å²) in [5.41, 5.74) is 0.451. The highest BCUT2D eigenvalue weighted by Crippen LogP contribution is 2.13. The van der Waals surface area contributed by atoms with Gasteiger partial charge in [0.05, 0.1) is 0 Å². The van der Waals surface area contributed by atoms with E-state index in [1.807, 2.05) is 12.1 Å². The summed E-state index contributed by atoms with van der Waals surface area (Å²) in [5, 5.41) is 11.8. The Hall–Kier alpha value is -1.62. The number of carboxylic acids is 1. The smallest absolute Gasteiger partial charge is 0.326 e. The van der Waals surface area contributed by atoms with E-state index < -0.39 is 12.0 Å². The predicted molar refractivity (Wildman–Crippen MR) is 90.9 cm³/mol. The molecule has 0 aliphatic heterocycles. The average Bonchev–Trinajstić information content (AvgIpc) is 2.49. The Morgan fingerprint density at radius 2 is 2.00 bits per heavy atom. The van der Waals surface area contributed by atoms with Gasteiger partial charge in [-0.05, 0) is 37.5 Å². The Morgan fingerprint density at radius 1 is 1.27 bits per heavy atom. The predicted octanol–water partition coefficient (Wildman–Crippen LogP) is 4.16. The molecule has 1 aromatic carbocycles. The molecule has 0 saturated carbocycles. The van der Waals surface area contributed by atoms with Crippen LogP contribution in [0.2, 0.25) is 0 Å². The van der Waals surface area contributed by atoms with Crippen molar-refractivity contribution in [3.8, 4) is 0 Å². The summed E-state index contributed by atoms with van der Waals surface area (Å²) in [7, 11) is 0. The third kappa shape index (κ3) is 6.89. The van der Waals surface area contributed by atoms with E-state index in [-0.39, 0.29) is 5.91 Å². The first-order chi connectivity index (χ1) is 10.5. The third-order valence-electron chi connectivity index (χ3n) is 3.34. The van der Waals surface area contributed by atoms with Gasteiger partial charge in [0, 0.05) is 10.0 Å². The van der Waals surface area contributed by atoms with Gasteiger partial charge >= 0.3 is 5.97 Å². The van der Waals surface area contributed by atoms with Gasteiger partial charge in [-0.25, -0.2) is 4.79 Å². The quantitative estimate of drug-likeness (QED) is 0.481. The van der Waals surface area contributed by atoms with Crippen LogP contribution in [0.5, 0.6) is 0 Å². The number of hydrogen-bond donors (Lipinski definition) is 2. The van der Waals surface area contributed by atoms with Gasteiger partial charge in [0.1, 0.15) is 6.04 Å². The van der Waals surface area contributed by atoms with E-state index in [0.717, 1.165) is 36.6 Å². The number of aliphatic carboxylic acids is 1. The molecule has 0 spiro atoms. The molecule has 22 heavy (non-hydrogen) atoms. The standard InChI is InChI=1S/C17H22BrNO3/c1-2-3-4-5-6-7-11-15(17(21)22)19-16(20)13-9-8-10-14(18)12-13/h2,8-10,12,15H,1,3-7,11H2,(H,19,20)(H,21,22)/t15-/m0/s1. The molecule has 0 heterocycles. The van der Waals surface area contributed by atoms with Crippen LogP contribution in [-0.4, -0.2) is 23.0 Å². The lowest BCUT2D eigenvalue weighted by atomic mass is 10.1. The zero-order chi connectivity index (χ0) is 16.4.